The predicted octanol–water partition coefficient (Wildman–Crippen LogP) is 3.20. The molecule has 0 saturated carbocycles. The number of hydrogen-bond donors (Lipinski definition) is 0. The van der Waals surface area contributed by atoms with E-state index in [0.717, 1.165) is 81.4 Å². The first kappa shape index (κ1) is 21.1. The molecule has 0 aliphatic carbocycles. The summed E-state index contributed by atoms with van der Waals surface area (Å²) in [6.45, 7) is 6.25. The molecule has 2 aliphatic heterocycles. The van der Waals surface area contributed by atoms with Crippen molar-refractivity contribution in [3.63, 3.8) is 0 Å². The number of hydrogen-bond acceptors (Lipinski definition) is 7. The molecule has 2 aromatic heterocycles. The second-order valence-electron chi connectivity index (χ2n) is 8.45. The largest absolute Gasteiger partial charge is 0.379 e. The van der Waals surface area contributed by atoms with Crippen molar-refractivity contribution in [2.45, 2.75) is 32.4 Å². The van der Waals surface area contributed by atoms with Gasteiger partial charge >= 0.3 is 0 Å². The third-order valence-electron chi connectivity index (χ3n) is 6.33. The molecule has 5 rings (SSSR count). The van der Waals surface area contributed by atoms with Crippen molar-refractivity contribution < 1.29 is 4.74 Å². The Morgan fingerprint density at radius 3 is 2.59 bits per heavy atom. The van der Waals surface area contributed by atoms with Crippen LogP contribution >= 0.6 is 11.3 Å². The van der Waals surface area contributed by atoms with Gasteiger partial charge in [0, 0.05) is 38.3 Å². The maximum absolute atomic E-state index is 13.7. The minimum absolute atomic E-state index is 0.0125. The van der Waals surface area contributed by atoms with Crippen LogP contribution in [0.25, 0.3) is 10.2 Å². The molecule has 0 bridgehead atoms. The van der Waals surface area contributed by atoms with Crippen LogP contribution < -0.4 is 10.5 Å². The van der Waals surface area contributed by atoms with Crippen LogP contribution in [-0.2, 0) is 17.8 Å². The number of anilines is 1. The number of fused-ring (bicyclic) bond motifs is 1. The summed E-state index contributed by atoms with van der Waals surface area (Å²) in [5.74, 6) is 0.733. The summed E-state index contributed by atoms with van der Waals surface area (Å²) < 4.78 is 7.95. The van der Waals surface area contributed by atoms with Crippen molar-refractivity contribution in [1.29, 1.82) is 5.26 Å². The van der Waals surface area contributed by atoms with Crippen molar-refractivity contribution in [2.24, 2.45) is 0 Å². The van der Waals surface area contributed by atoms with Gasteiger partial charge in [-0.2, -0.15) is 5.26 Å². The fourth-order valence-corrected chi connectivity index (χ4v) is 5.51. The third kappa shape index (κ3) is 4.16. The smallest absolute Gasteiger partial charge is 0.273 e. The van der Waals surface area contributed by atoms with E-state index in [2.05, 4.69) is 21.2 Å². The Labute approximate surface area is 191 Å². The van der Waals surface area contributed by atoms with Gasteiger partial charge in [-0.1, -0.05) is 18.2 Å². The normalized spacial score (nSPS) is 17.5. The molecule has 2 aliphatic rings. The van der Waals surface area contributed by atoms with Crippen LogP contribution in [0.4, 0.5) is 5.95 Å². The first-order valence-corrected chi connectivity index (χ1v) is 12.2. The molecule has 2 fully saturated rings. The molecule has 3 aromatic rings. The Bertz CT molecular complexity index is 1200. The summed E-state index contributed by atoms with van der Waals surface area (Å²) in [6, 6.07) is 9.76. The van der Waals surface area contributed by atoms with Gasteiger partial charge in [-0.15, -0.1) is 11.3 Å². The zero-order valence-corrected chi connectivity index (χ0v) is 18.9. The van der Waals surface area contributed by atoms with Gasteiger partial charge in [0.2, 0.25) is 5.95 Å². The topological polar surface area (TPSA) is 74.4 Å². The SMILES string of the molecule is N#Cc1ccccc1Cn1c(N2CCCCC2)nc2c(CN3CCOCC3)csc2c1=O. The zero-order chi connectivity index (χ0) is 21.9. The average Bonchev–Trinajstić information content (AvgIpc) is 3.25. The predicted molar refractivity (Wildman–Crippen MR) is 126 cm³/mol. The molecule has 1 aromatic carbocycles. The summed E-state index contributed by atoms with van der Waals surface area (Å²) in [7, 11) is 0. The fraction of sp³-hybridized carbons (Fsp3) is 0.458. The van der Waals surface area contributed by atoms with E-state index in [1.807, 2.05) is 18.2 Å². The second-order valence-corrected chi connectivity index (χ2v) is 9.33. The van der Waals surface area contributed by atoms with Crippen LogP contribution in [0.5, 0.6) is 0 Å². The number of morpholine rings is 1. The number of benzene rings is 1. The molecule has 8 heteroatoms. The molecule has 0 atom stereocenters. The Kier molecular flexibility index (Phi) is 6.21. The van der Waals surface area contributed by atoms with E-state index in [-0.39, 0.29) is 5.56 Å². The van der Waals surface area contributed by atoms with Crippen molar-refractivity contribution in [3.8, 4) is 6.07 Å². The van der Waals surface area contributed by atoms with Crippen LogP contribution in [0.2, 0.25) is 0 Å². The van der Waals surface area contributed by atoms with Gasteiger partial charge in [0.1, 0.15) is 4.70 Å². The summed E-state index contributed by atoms with van der Waals surface area (Å²) in [5.41, 5.74) is 3.38. The van der Waals surface area contributed by atoms with Crippen molar-refractivity contribution in [2.75, 3.05) is 44.3 Å². The lowest BCUT2D eigenvalue weighted by molar-refractivity contribution is 0.0344. The molecule has 0 spiro atoms. The molecule has 0 amide bonds. The first-order valence-electron chi connectivity index (χ1n) is 11.3. The highest BCUT2D eigenvalue weighted by atomic mass is 32.1. The van der Waals surface area contributed by atoms with Crippen LogP contribution in [0.1, 0.15) is 36.0 Å². The molecule has 166 valence electrons. The van der Waals surface area contributed by atoms with E-state index in [4.69, 9.17) is 9.72 Å². The van der Waals surface area contributed by atoms with E-state index in [1.165, 1.54) is 17.8 Å². The lowest BCUT2D eigenvalue weighted by Gasteiger charge is -2.30. The van der Waals surface area contributed by atoms with E-state index >= 15 is 0 Å². The Balaban J connectivity index is 1.59. The number of ether oxygens (including phenoxy) is 1. The molecule has 7 nitrogen and oxygen atoms in total. The standard InChI is InChI=1S/C24H27N5O2S/c25-14-18-6-2-3-7-19(18)16-29-23(30)22-21(26-24(29)28-8-4-1-5-9-28)20(17-32-22)15-27-10-12-31-13-11-27/h2-3,6-7,17H,1,4-5,8-13,15-16H2. The van der Waals surface area contributed by atoms with Crippen molar-refractivity contribution >= 4 is 27.5 Å². The number of nitrogens with zero attached hydrogens (tertiary/aromatic N) is 5. The highest BCUT2D eigenvalue weighted by Gasteiger charge is 2.23. The highest BCUT2D eigenvalue weighted by molar-refractivity contribution is 7.17. The fourth-order valence-electron chi connectivity index (χ4n) is 4.56. The summed E-state index contributed by atoms with van der Waals surface area (Å²) in [6.07, 6.45) is 3.42. The van der Waals surface area contributed by atoms with E-state index < -0.39 is 0 Å². The summed E-state index contributed by atoms with van der Waals surface area (Å²) in [4.78, 5) is 23.4. The van der Waals surface area contributed by atoms with Gasteiger partial charge in [0.15, 0.2) is 0 Å². The second kappa shape index (κ2) is 9.41. The number of rotatable bonds is 5. The van der Waals surface area contributed by atoms with Gasteiger partial charge in [0.25, 0.3) is 5.56 Å². The first-order chi connectivity index (χ1) is 15.7. The number of nitriles is 1. The third-order valence-corrected chi connectivity index (χ3v) is 7.34. The molecular formula is C24H27N5O2S. The monoisotopic (exact) mass is 449 g/mol. The molecule has 32 heavy (non-hydrogen) atoms. The Morgan fingerprint density at radius 2 is 1.81 bits per heavy atom. The van der Waals surface area contributed by atoms with Crippen LogP contribution in [-0.4, -0.2) is 53.8 Å². The molecule has 2 saturated heterocycles. The molecule has 0 N–H and O–H groups in total. The zero-order valence-electron chi connectivity index (χ0n) is 18.1. The maximum atomic E-state index is 13.7. The van der Waals surface area contributed by atoms with Crippen LogP contribution in [0, 0.1) is 11.3 Å². The van der Waals surface area contributed by atoms with E-state index in [0.29, 0.717) is 16.8 Å². The van der Waals surface area contributed by atoms with Gasteiger partial charge in [0.05, 0.1) is 36.9 Å². The number of piperidine rings is 1. The van der Waals surface area contributed by atoms with Gasteiger partial charge in [-0.3, -0.25) is 14.3 Å². The molecular weight excluding hydrogens is 422 g/mol. The highest BCUT2D eigenvalue weighted by Crippen LogP contribution is 2.27. The molecule has 0 radical (unpaired) electrons. The lowest BCUT2D eigenvalue weighted by Crippen LogP contribution is -2.37. The number of aromatic nitrogens is 2. The van der Waals surface area contributed by atoms with Gasteiger partial charge < -0.3 is 9.64 Å². The van der Waals surface area contributed by atoms with Crippen molar-refractivity contribution in [1.82, 2.24) is 14.5 Å². The van der Waals surface area contributed by atoms with Crippen LogP contribution in [0.15, 0.2) is 34.4 Å². The van der Waals surface area contributed by atoms with E-state index in [1.54, 1.807) is 10.6 Å². The lowest BCUT2D eigenvalue weighted by atomic mass is 10.1. The maximum Gasteiger partial charge on any atom is 0.273 e. The Hall–Kier alpha value is -2.73. The van der Waals surface area contributed by atoms with Gasteiger partial charge in [-0.25, -0.2) is 4.98 Å². The Morgan fingerprint density at radius 1 is 1.03 bits per heavy atom. The van der Waals surface area contributed by atoms with Crippen molar-refractivity contribution in [3.05, 3.63) is 56.7 Å². The quantitative estimate of drug-likeness (QED) is 0.596. The minimum Gasteiger partial charge on any atom is -0.379 e. The van der Waals surface area contributed by atoms with Gasteiger partial charge in [-0.05, 0) is 36.3 Å². The number of thiophene rings is 1. The summed E-state index contributed by atoms with van der Waals surface area (Å²) in [5, 5.41) is 11.6. The molecule has 0 unspecified atom stereocenters. The average molecular weight is 450 g/mol. The summed E-state index contributed by atoms with van der Waals surface area (Å²) >= 11 is 1.48. The molecule has 4 heterocycles. The van der Waals surface area contributed by atoms with Crippen LogP contribution in [0.3, 0.4) is 0 Å². The minimum atomic E-state index is -0.0125. The van der Waals surface area contributed by atoms with E-state index in [9.17, 15) is 10.1 Å².